The van der Waals surface area contributed by atoms with Gasteiger partial charge in [-0.05, 0) is 17.9 Å². The van der Waals surface area contributed by atoms with Crippen LogP contribution in [0.2, 0.25) is 0 Å². The Bertz CT molecular complexity index is 577. The van der Waals surface area contributed by atoms with Crippen LogP contribution in [0.3, 0.4) is 0 Å². The minimum Gasteiger partial charge on any atom is -0.356 e. The lowest BCUT2D eigenvalue weighted by Gasteiger charge is -2.13. The Kier molecular flexibility index (Phi) is 12.0. The van der Waals surface area contributed by atoms with Crippen molar-refractivity contribution in [3.63, 3.8) is 0 Å². The van der Waals surface area contributed by atoms with Crippen LogP contribution >= 0.6 is 24.0 Å². The third kappa shape index (κ3) is 10.8. The molecule has 0 amide bonds. The van der Waals surface area contributed by atoms with E-state index in [9.17, 15) is 8.42 Å². The Balaban J connectivity index is 0.00000529. The van der Waals surface area contributed by atoms with Gasteiger partial charge in [0, 0.05) is 26.7 Å². The molecular weight excluding hydrogens is 439 g/mol. The van der Waals surface area contributed by atoms with Crippen LogP contribution < -0.4 is 15.4 Å². The van der Waals surface area contributed by atoms with Gasteiger partial charge in [0.05, 0.1) is 5.75 Å². The summed E-state index contributed by atoms with van der Waals surface area (Å²) in [5.74, 6) is 1.25. The quantitative estimate of drug-likeness (QED) is 0.294. The van der Waals surface area contributed by atoms with Crippen LogP contribution in [0.15, 0.2) is 35.3 Å². The topological polar surface area (TPSA) is 82.6 Å². The van der Waals surface area contributed by atoms with Crippen LogP contribution in [0.25, 0.3) is 0 Å². The molecule has 0 aliphatic carbocycles. The van der Waals surface area contributed by atoms with Gasteiger partial charge in [-0.1, -0.05) is 44.2 Å². The minimum absolute atomic E-state index is 0. The molecule has 0 saturated carbocycles. The van der Waals surface area contributed by atoms with Crippen molar-refractivity contribution in [3.05, 3.63) is 35.9 Å². The molecule has 8 heteroatoms. The van der Waals surface area contributed by atoms with Gasteiger partial charge in [0.25, 0.3) is 0 Å². The maximum absolute atomic E-state index is 12.0. The molecule has 6 nitrogen and oxygen atoms in total. The summed E-state index contributed by atoms with van der Waals surface area (Å²) in [5.41, 5.74) is 0.940. The molecule has 0 spiro atoms. The standard InChI is InChI=1S/C16H28N4O2S.HI/c1-14(2)9-10-18-16(17-3)19-11-12-23(21,22)20-13-15-7-5-4-6-8-15;/h4-8,14,20H,9-13H2,1-3H3,(H2,17,18,19);1H. The van der Waals surface area contributed by atoms with Crippen LogP contribution in [0.4, 0.5) is 0 Å². The van der Waals surface area contributed by atoms with E-state index in [-0.39, 0.29) is 29.7 Å². The van der Waals surface area contributed by atoms with Gasteiger partial charge in [-0.3, -0.25) is 4.99 Å². The van der Waals surface area contributed by atoms with Crippen molar-refractivity contribution in [2.24, 2.45) is 10.9 Å². The van der Waals surface area contributed by atoms with Crippen LogP contribution in [-0.4, -0.2) is 40.3 Å². The number of sulfonamides is 1. The molecule has 0 atom stereocenters. The van der Waals surface area contributed by atoms with E-state index in [1.54, 1.807) is 7.05 Å². The summed E-state index contributed by atoms with van der Waals surface area (Å²) in [6, 6.07) is 9.46. The molecule has 0 aliphatic heterocycles. The van der Waals surface area contributed by atoms with Gasteiger partial charge < -0.3 is 10.6 Å². The van der Waals surface area contributed by atoms with E-state index >= 15 is 0 Å². The fourth-order valence-corrected chi connectivity index (χ4v) is 2.77. The van der Waals surface area contributed by atoms with Crippen molar-refractivity contribution in [3.8, 4) is 0 Å². The van der Waals surface area contributed by atoms with Gasteiger partial charge in [0.2, 0.25) is 10.0 Å². The highest BCUT2D eigenvalue weighted by atomic mass is 127. The number of halogens is 1. The third-order valence-electron chi connectivity index (χ3n) is 3.24. The summed E-state index contributed by atoms with van der Waals surface area (Å²) < 4.78 is 26.5. The molecule has 0 heterocycles. The number of nitrogens with one attached hydrogen (secondary N) is 3. The maximum atomic E-state index is 12.0. The number of aliphatic imine (C=N–C) groups is 1. The first-order valence-electron chi connectivity index (χ1n) is 7.88. The van der Waals surface area contributed by atoms with E-state index < -0.39 is 10.0 Å². The maximum Gasteiger partial charge on any atom is 0.213 e. The zero-order chi connectivity index (χ0) is 17.1. The summed E-state index contributed by atoms with van der Waals surface area (Å²) in [7, 11) is -1.64. The SMILES string of the molecule is CN=C(NCCC(C)C)NCCS(=O)(=O)NCc1ccccc1.I. The minimum atomic E-state index is -3.31. The average molecular weight is 468 g/mol. The number of hydrogen-bond acceptors (Lipinski definition) is 3. The zero-order valence-electron chi connectivity index (χ0n) is 14.6. The Morgan fingerprint density at radius 2 is 1.75 bits per heavy atom. The lowest BCUT2D eigenvalue weighted by Crippen LogP contribution is -2.41. The second-order valence-electron chi connectivity index (χ2n) is 5.73. The molecule has 24 heavy (non-hydrogen) atoms. The second kappa shape index (κ2) is 12.5. The summed E-state index contributed by atoms with van der Waals surface area (Å²) in [5, 5.41) is 6.19. The molecule has 1 rings (SSSR count). The lowest BCUT2D eigenvalue weighted by atomic mass is 10.1. The molecule has 0 fully saturated rings. The van der Waals surface area contributed by atoms with E-state index in [1.807, 2.05) is 30.3 Å². The molecule has 138 valence electrons. The zero-order valence-corrected chi connectivity index (χ0v) is 17.7. The smallest absolute Gasteiger partial charge is 0.213 e. The highest BCUT2D eigenvalue weighted by molar-refractivity contribution is 14.0. The normalized spacial score (nSPS) is 11.9. The number of benzene rings is 1. The molecule has 1 aromatic rings. The number of guanidine groups is 1. The Hall–Kier alpha value is -0.870. The van der Waals surface area contributed by atoms with E-state index in [2.05, 4.69) is 34.2 Å². The van der Waals surface area contributed by atoms with E-state index in [4.69, 9.17) is 0 Å². The number of nitrogens with zero attached hydrogens (tertiary/aromatic N) is 1. The van der Waals surface area contributed by atoms with Gasteiger partial charge in [-0.15, -0.1) is 24.0 Å². The van der Waals surface area contributed by atoms with Crippen LogP contribution in [-0.2, 0) is 16.6 Å². The third-order valence-corrected chi connectivity index (χ3v) is 4.57. The van der Waals surface area contributed by atoms with Crippen molar-refractivity contribution in [1.82, 2.24) is 15.4 Å². The van der Waals surface area contributed by atoms with Crippen LogP contribution in [0.5, 0.6) is 0 Å². The van der Waals surface area contributed by atoms with Gasteiger partial charge in [0.1, 0.15) is 0 Å². The number of rotatable bonds is 9. The van der Waals surface area contributed by atoms with E-state index in [0.29, 0.717) is 25.0 Å². The highest BCUT2D eigenvalue weighted by Crippen LogP contribution is 1.98. The van der Waals surface area contributed by atoms with Gasteiger partial charge >= 0.3 is 0 Å². The molecule has 0 bridgehead atoms. The first kappa shape index (κ1) is 23.1. The van der Waals surface area contributed by atoms with Crippen molar-refractivity contribution >= 4 is 40.0 Å². The first-order chi connectivity index (χ1) is 10.9. The molecule has 0 saturated heterocycles. The van der Waals surface area contributed by atoms with Crippen LogP contribution in [0.1, 0.15) is 25.8 Å². The first-order valence-corrected chi connectivity index (χ1v) is 9.54. The summed E-state index contributed by atoms with van der Waals surface area (Å²) >= 11 is 0. The highest BCUT2D eigenvalue weighted by Gasteiger charge is 2.10. The number of hydrogen-bond donors (Lipinski definition) is 3. The van der Waals surface area contributed by atoms with Crippen LogP contribution in [0, 0.1) is 5.92 Å². The van der Waals surface area contributed by atoms with E-state index in [1.165, 1.54) is 0 Å². The van der Waals surface area contributed by atoms with Gasteiger partial charge in [-0.25, -0.2) is 13.1 Å². The van der Waals surface area contributed by atoms with Crippen molar-refractivity contribution in [2.45, 2.75) is 26.8 Å². The summed E-state index contributed by atoms with van der Waals surface area (Å²) in [6.45, 7) is 5.75. The van der Waals surface area contributed by atoms with E-state index in [0.717, 1.165) is 18.5 Å². The summed E-state index contributed by atoms with van der Waals surface area (Å²) in [4.78, 5) is 4.08. The molecule has 0 aromatic heterocycles. The monoisotopic (exact) mass is 468 g/mol. The molecule has 3 N–H and O–H groups in total. The Morgan fingerprint density at radius 3 is 2.33 bits per heavy atom. The Labute approximate surface area is 163 Å². The average Bonchev–Trinajstić information content (AvgIpc) is 2.52. The predicted octanol–water partition coefficient (Wildman–Crippen LogP) is 1.94. The fourth-order valence-electron chi connectivity index (χ4n) is 1.86. The molecule has 0 unspecified atom stereocenters. The lowest BCUT2D eigenvalue weighted by molar-refractivity contribution is 0.572. The summed E-state index contributed by atoms with van der Waals surface area (Å²) in [6.07, 6.45) is 1.04. The predicted molar refractivity (Wildman–Crippen MR) is 111 cm³/mol. The fraction of sp³-hybridized carbons (Fsp3) is 0.562. The molecule has 1 aromatic carbocycles. The Morgan fingerprint density at radius 1 is 1.12 bits per heavy atom. The largest absolute Gasteiger partial charge is 0.356 e. The molecular formula is C16H29IN4O2S. The molecule has 0 radical (unpaired) electrons. The molecule has 0 aliphatic rings. The van der Waals surface area contributed by atoms with Crippen molar-refractivity contribution in [1.29, 1.82) is 0 Å². The van der Waals surface area contributed by atoms with Gasteiger partial charge in [0.15, 0.2) is 5.96 Å². The second-order valence-corrected chi connectivity index (χ2v) is 7.66. The van der Waals surface area contributed by atoms with Gasteiger partial charge in [-0.2, -0.15) is 0 Å². The van der Waals surface area contributed by atoms with Crippen molar-refractivity contribution < 1.29 is 8.42 Å². The van der Waals surface area contributed by atoms with Crippen molar-refractivity contribution in [2.75, 3.05) is 25.9 Å².